The van der Waals surface area contributed by atoms with Gasteiger partial charge >= 0.3 is 17.8 Å². The minimum atomic E-state index is -4.70. The lowest BCUT2D eigenvalue weighted by Crippen LogP contribution is -2.46. The summed E-state index contributed by atoms with van der Waals surface area (Å²) < 4.78 is 40.8. The molecule has 1 aliphatic carbocycles. The highest BCUT2D eigenvalue weighted by Crippen LogP contribution is 2.34. The maximum atomic E-state index is 13.2. The van der Waals surface area contributed by atoms with Crippen molar-refractivity contribution in [2.75, 3.05) is 6.54 Å². The molecule has 0 spiro atoms. The van der Waals surface area contributed by atoms with Crippen LogP contribution in [-0.2, 0) is 11.3 Å². The average molecular weight is 465 g/mol. The van der Waals surface area contributed by atoms with Crippen molar-refractivity contribution in [2.24, 2.45) is 0 Å². The van der Waals surface area contributed by atoms with Crippen LogP contribution in [0.3, 0.4) is 0 Å². The van der Waals surface area contributed by atoms with Gasteiger partial charge in [0.2, 0.25) is 5.88 Å². The number of hydrogen-bond acceptors (Lipinski definition) is 5. The molecule has 33 heavy (non-hydrogen) atoms. The van der Waals surface area contributed by atoms with Crippen LogP contribution in [0.4, 0.5) is 13.2 Å². The van der Waals surface area contributed by atoms with Crippen LogP contribution in [0.1, 0.15) is 28.4 Å². The number of aromatic hydroxyl groups is 1. The molecule has 3 rings (SSSR count). The highest BCUT2D eigenvalue weighted by Gasteiger charge is 2.37. The number of nitrogens with one attached hydrogen (secondary N) is 1. The van der Waals surface area contributed by atoms with E-state index in [1.807, 2.05) is 5.32 Å². The number of halogens is 3. The number of carboxylic acids is 1. The second kappa shape index (κ2) is 9.18. The molecule has 3 N–H and O–H groups in total. The number of nitrogens with zero attached hydrogens (tertiary/aromatic N) is 2. The molecule has 0 fully saturated rings. The highest BCUT2D eigenvalue weighted by molar-refractivity contribution is 5.97. The van der Waals surface area contributed by atoms with Gasteiger partial charge in [0.15, 0.2) is 5.56 Å². The molecule has 12 heteroatoms. The molecule has 1 atom stereocenters. The fraction of sp³-hybridized carbons (Fsp3) is 0.238. The Morgan fingerprint density at radius 3 is 2.42 bits per heavy atom. The lowest BCUT2D eigenvalue weighted by atomic mass is 9.99. The van der Waals surface area contributed by atoms with Crippen molar-refractivity contribution in [3.05, 3.63) is 86.1 Å². The summed E-state index contributed by atoms with van der Waals surface area (Å²) in [6.07, 6.45) is -2.40. The normalized spacial score (nSPS) is 15.7. The van der Waals surface area contributed by atoms with Crippen molar-refractivity contribution in [2.45, 2.75) is 25.2 Å². The minimum absolute atomic E-state index is 0.302. The summed E-state index contributed by atoms with van der Waals surface area (Å²) in [5.41, 5.74) is -3.92. The molecule has 0 radical (unpaired) electrons. The fourth-order valence-corrected chi connectivity index (χ4v) is 3.35. The first-order chi connectivity index (χ1) is 15.5. The van der Waals surface area contributed by atoms with Gasteiger partial charge in [0.25, 0.3) is 11.5 Å². The number of carbonyl (C=O) groups is 2. The molecule has 2 aromatic rings. The second-order valence-corrected chi connectivity index (χ2v) is 7.15. The summed E-state index contributed by atoms with van der Waals surface area (Å²) in [5.74, 6) is -3.75. The Morgan fingerprint density at radius 1 is 1.15 bits per heavy atom. The predicted molar refractivity (Wildman–Crippen MR) is 109 cm³/mol. The molecular formula is C21H18F3N3O6. The topological polar surface area (TPSA) is 131 Å². The van der Waals surface area contributed by atoms with Crippen molar-refractivity contribution in [1.82, 2.24) is 14.5 Å². The van der Waals surface area contributed by atoms with Crippen LogP contribution >= 0.6 is 0 Å². The number of amides is 1. The highest BCUT2D eigenvalue weighted by atomic mass is 19.4. The van der Waals surface area contributed by atoms with E-state index in [1.54, 1.807) is 30.3 Å². The molecule has 174 valence electrons. The Kier molecular flexibility index (Phi) is 6.56. The van der Waals surface area contributed by atoms with Crippen molar-refractivity contribution in [3.63, 3.8) is 0 Å². The Labute approximate surface area is 183 Å². The van der Waals surface area contributed by atoms with E-state index in [2.05, 4.69) is 0 Å². The van der Waals surface area contributed by atoms with Gasteiger partial charge in [0, 0.05) is 12.0 Å². The maximum Gasteiger partial charge on any atom is 0.412 e. The third-order valence-electron chi connectivity index (χ3n) is 4.92. The van der Waals surface area contributed by atoms with Gasteiger partial charge in [-0.15, -0.1) is 0 Å². The van der Waals surface area contributed by atoms with Crippen LogP contribution in [-0.4, -0.2) is 43.9 Å². The Bertz CT molecular complexity index is 1260. The maximum absolute atomic E-state index is 13.2. The first-order valence-electron chi connectivity index (χ1n) is 9.57. The summed E-state index contributed by atoms with van der Waals surface area (Å²) in [5, 5.41) is 21.3. The predicted octanol–water partition coefficient (Wildman–Crippen LogP) is 1.57. The van der Waals surface area contributed by atoms with Crippen molar-refractivity contribution < 1.29 is 33.0 Å². The molecule has 0 bridgehead atoms. The third-order valence-corrected chi connectivity index (χ3v) is 4.92. The van der Waals surface area contributed by atoms with Crippen LogP contribution in [0.2, 0.25) is 0 Å². The van der Waals surface area contributed by atoms with Crippen LogP contribution in [0, 0.1) is 0 Å². The van der Waals surface area contributed by atoms with E-state index < -0.39 is 65.3 Å². The van der Waals surface area contributed by atoms with E-state index in [1.165, 1.54) is 6.08 Å². The molecule has 0 aliphatic heterocycles. The summed E-state index contributed by atoms with van der Waals surface area (Å²) in [4.78, 5) is 49.4. The molecule has 1 aromatic carbocycles. The van der Waals surface area contributed by atoms with Gasteiger partial charge in [0.1, 0.15) is 6.54 Å². The van der Waals surface area contributed by atoms with Crippen molar-refractivity contribution >= 4 is 11.9 Å². The van der Waals surface area contributed by atoms with Crippen molar-refractivity contribution in [1.29, 1.82) is 0 Å². The monoisotopic (exact) mass is 465 g/mol. The average Bonchev–Trinajstić information content (AvgIpc) is 2.75. The van der Waals surface area contributed by atoms with Crippen LogP contribution in [0.25, 0.3) is 0 Å². The standard InChI is InChI=1S/C21H18F3N3O6/c22-21(23,24)13-7-4-8-14(9-13)27-19(32)16(17(30)25-10-15(28)29)18(31)26(20(27)33)11-12-5-2-1-3-6-12/h1-8,14,31H,9-11H2,(H,25,30)(H,28,29). The quantitative estimate of drug-likeness (QED) is 0.594. The second-order valence-electron chi connectivity index (χ2n) is 7.15. The molecule has 1 amide bonds. The number of rotatable bonds is 6. The van der Waals surface area contributed by atoms with Gasteiger partial charge in [-0.3, -0.25) is 23.5 Å². The van der Waals surface area contributed by atoms with Gasteiger partial charge in [-0.05, 0) is 5.56 Å². The van der Waals surface area contributed by atoms with Gasteiger partial charge in [-0.1, -0.05) is 48.6 Å². The van der Waals surface area contributed by atoms with Gasteiger partial charge in [-0.25, -0.2) is 4.79 Å². The molecule has 1 aliphatic rings. The van der Waals surface area contributed by atoms with Crippen LogP contribution in [0.5, 0.6) is 5.88 Å². The first kappa shape index (κ1) is 23.6. The smallest absolute Gasteiger partial charge is 0.412 e. The summed E-state index contributed by atoms with van der Waals surface area (Å²) in [7, 11) is 0. The molecule has 1 unspecified atom stereocenters. The molecule has 0 saturated carbocycles. The lowest BCUT2D eigenvalue weighted by molar-refractivity contribution is -0.135. The molecule has 9 nitrogen and oxygen atoms in total. The van der Waals surface area contributed by atoms with E-state index in [0.717, 1.165) is 12.2 Å². The summed E-state index contributed by atoms with van der Waals surface area (Å²) >= 11 is 0. The zero-order chi connectivity index (χ0) is 24.3. The number of carbonyl (C=O) groups excluding carboxylic acids is 1. The van der Waals surface area contributed by atoms with Crippen LogP contribution in [0.15, 0.2) is 63.7 Å². The largest absolute Gasteiger partial charge is 0.494 e. The Balaban J connectivity index is 2.18. The van der Waals surface area contributed by atoms with E-state index >= 15 is 0 Å². The molecule has 1 heterocycles. The number of alkyl halides is 3. The summed E-state index contributed by atoms with van der Waals surface area (Å²) in [6.45, 7) is -1.19. The number of hydrogen-bond donors (Lipinski definition) is 3. The molecule has 0 saturated heterocycles. The summed E-state index contributed by atoms with van der Waals surface area (Å²) in [6, 6.07) is 6.76. The lowest BCUT2D eigenvalue weighted by Gasteiger charge is -2.23. The minimum Gasteiger partial charge on any atom is -0.494 e. The zero-order valence-corrected chi connectivity index (χ0v) is 16.9. The molecule has 1 aromatic heterocycles. The van der Waals surface area contributed by atoms with Gasteiger partial charge in [0.05, 0.1) is 12.6 Å². The fourth-order valence-electron chi connectivity index (χ4n) is 3.35. The van der Waals surface area contributed by atoms with E-state index in [4.69, 9.17) is 5.11 Å². The first-order valence-corrected chi connectivity index (χ1v) is 9.57. The SMILES string of the molecule is O=C(O)CNC(=O)c1c(O)n(Cc2ccccc2)c(=O)n(C2C=CC=C(C(F)(F)F)C2)c1=O. The van der Waals surface area contributed by atoms with Crippen molar-refractivity contribution in [3.8, 4) is 5.88 Å². The van der Waals surface area contributed by atoms with E-state index in [0.29, 0.717) is 14.7 Å². The van der Waals surface area contributed by atoms with E-state index in [-0.39, 0.29) is 6.54 Å². The molecular weight excluding hydrogens is 447 g/mol. The number of carboxylic acid groups (broad SMARTS) is 1. The van der Waals surface area contributed by atoms with Gasteiger partial charge in [-0.2, -0.15) is 13.2 Å². The van der Waals surface area contributed by atoms with E-state index in [9.17, 15) is 37.5 Å². The Hall–Kier alpha value is -4.09. The number of allylic oxidation sites excluding steroid dienone is 4. The van der Waals surface area contributed by atoms with Gasteiger partial charge < -0.3 is 15.5 Å². The number of aliphatic carboxylic acids is 1. The Morgan fingerprint density at radius 2 is 1.82 bits per heavy atom. The zero-order valence-electron chi connectivity index (χ0n) is 16.9. The number of aromatic nitrogens is 2. The third kappa shape index (κ3) is 5.05. The number of benzene rings is 1. The van der Waals surface area contributed by atoms with Crippen LogP contribution < -0.4 is 16.6 Å².